The van der Waals surface area contributed by atoms with Crippen molar-refractivity contribution in [1.29, 1.82) is 0 Å². The molecule has 2 amide bonds. The molecule has 2 aliphatic carbocycles. The maximum atomic E-state index is 15.0. The summed E-state index contributed by atoms with van der Waals surface area (Å²) in [6, 6.07) is 6.01. The number of methoxy groups -OCH3 is 2. The highest BCUT2D eigenvalue weighted by Crippen LogP contribution is 2.58. The number of hydrogen-bond donors (Lipinski definition) is 1. The fourth-order valence-electron chi connectivity index (χ4n) is 8.41. The van der Waals surface area contributed by atoms with Crippen molar-refractivity contribution in [1.82, 2.24) is 14.6 Å². The number of allylic oxidation sites excluding steroid dienone is 2. The summed E-state index contributed by atoms with van der Waals surface area (Å²) in [6.07, 6.45) is 0.886. The third kappa shape index (κ3) is 9.25. The van der Waals surface area contributed by atoms with E-state index in [1.54, 1.807) is 19.1 Å². The minimum Gasteiger partial charge on any atom is -0.494 e. The number of benzene rings is 1. The normalized spacial score (nSPS) is 29.3. The number of aromatic nitrogens is 1. The second kappa shape index (κ2) is 16.7. The summed E-state index contributed by atoms with van der Waals surface area (Å²) in [5, 5.41) is 1.30. The second-order valence-electron chi connectivity index (χ2n) is 17.5. The van der Waals surface area contributed by atoms with Gasteiger partial charge in [-0.2, -0.15) is 13.2 Å². The molecule has 2 aliphatic heterocycles. The van der Waals surface area contributed by atoms with Crippen LogP contribution in [-0.2, 0) is 38.7 Å². The number of pyridine rings is 1. The third-order valence-corrected chi connectivity index (χ3v) is 14.8. The first-order chi connectivity index (χ1) is 27.6. The molecule has 0 unspecified atom stereocenters. The van der Waals surface area contributed by atoms with Gasteiger partial charge in [-0.15, -0.1) is 0 Å². The molecule has 0 spiro atoms. The zero-order valence-electron chi connectivity index (χ0n) is 34.3. The standard InChI is InChI=1S/C42H54F3N3O10S/c1-25-11-7-8-12-27-20-41(27,38(52)47-59(53,54)40(4)15-16-40)21-33(49)32-18-28(57-36-30-14-10-9-13-29(30)34(56-6)22-46-36)23-48(32)37(51)31(26(17-25)24-55-5)19-35(50)58-39(2,3)42(43,44)45/h8-10,12-14,22,25-28,31-32H,7,11,15-21,23-24H2,1-6H3,(H,47,52)/b12-8-/t25-,26+,27-,28-,31+,32+,41-/m1/s1. The molecule has 1 saturated heterocycles. The molecule has 59 heavy (non-hydrogen) atoms. The first-order valence-electron chi connectivity index (χ1n) is 20.1. The topological polar surface area (TPSA) is 167 Å². The number of carbonyl (C=O) groups is 4. The highest BCUT2D eigenvalue weighted by Gasteiger charge is 2.63. The average molecular weight is 850 g/mol. The molecule has 13 nitrogen and oxygen atoms in total. The van der Waals surface area contributed by atoms with E-state index in [-0.39, 0.29) is 37.8 Å². The Balaban J connectivity index is 1.38. The molecule has 0 radical (unpaired) electrons. The Kier molecular flexibility index (Phi) is 12.5. The predicted molar refractivity (Wildman–Crippen MR) is 210 cm³/mol. The lowest BCUT2D eigenvalue weighted by Gasteiger charge is -2.34. The number of nitrogens with zero attached hydrogens (tertiary/aromatic N) is 2. The molecule has 3 heterocycles. The summed E-state index contributed by atoms with van der Waals surface area (Å²) >= 11 is 0. The Morgan fingerprint density at radius 1 is 1.07 bits per heavy atom. The number of hydrogen-bond acceptors (Lipinski definition) is 11. The molecule has 2 aromatic rings. The molecule has 1 N–H and O–H groups in total. The lowest BCUT2D eigenvalue weighted by atomic mass is 9.81. The van der Waals surface area contributed by atoms with E-state index in [1.807, 2.05) is 31.2 Å². The van der Waals surface area contributed by atoms with Crippen LogP contribution in [0.5, 0.6) is 11.6 Å². The van der Waals surface area contributed by atoms with Crippen molar-refractivity contribution < 1.29 is 59.7 Å². The molecule has 1 aromatic carbocycles. The van der Waals surface area contributed by atoms with Crippen LogP contribution in [-0.4, -0.2) is 97.9 Å². The number of carbonyl (C=O) groups excluding carboxylic acids is 4. The Hall–Kier alpha value is -4.25. The van der Waals surface area contributed by atoms with E-state index in [0.29, 0.717) is 48.6 Å². The predicted octanol–water partition coefficient (Wildman–Crippen LogP) is 6.08. The highest BCUT2D eigenvalue weighted by molar-refractivity contribution is 7.91. The number of nitrogens with one attached hydrogen (secondary N) is 1. The van der Waals surface area contributed by atoms with Gasteiger partial charge in [0.25, 0.3) is 0 Å². The smallest absolute Gasteiger partial charge is 0.427 e. The summed E-state index contributed by atoms with van der Waals surface area (Å²) < 4.78 is 91.7. The van der Waals surface area contributed by atoms with E-state index in [9.17, 15) is 36.0 Å². The number of halogens is 3. The fraction of sp³-hybridized carbons (Fsp3) is 0.643. The molecule has 6 rings (SSSR count). The van der Waals surface area contributed by atoms with Crippen LogP contribution < -0.4 is 14.2 Å². The van der Waals surface area contributed by atoms with Crippen LogP contribution in [0.2, 0.25) is 0 Å². The third-order valence-electron chi connectivity index (χ3n) is 12.6. The minimum atomic E-state index is -4.89. The van der Waals surface area contributed by atoms with Crippen LogP contribution in [0.1, 0.15) is 85.5 Å². The van der Waals surface area contributed by atoms with Crippen molar-refractivity contribution in [2.75, 3.05) is 27.4 Å². The fourth-order valence-corrected chi connectivity index (χ4v) is 9.74. The van der Waals surface area contributed by atoms with Crippen molar-refractivity contribution in [3.05, 3.63) is 42.6 Å². The van der Waals surface area contributed by atoms with Crippen molar-refractivity contribution in [2.24, 2.45) is 29.1 Å². The zero-order valence-corrected chi connectivity index (χ0v) is 35.1. The first kappa shape index (κ1) is 44.3. The number of Topliss-reactive ketones (excluding diaryl/α,β-unsaturated/α-hetero) is 1. The molecule has 4 aliphatic rings. The Labute approximate surface area is 342 Å². The van der Waals surface area contributed by atoms with Gasteiger partial charge in [-0.05, 0) is 83.1 Å². The van der Waals surface area contributed by atoms with Crippen molar-refractivity contribution >= 4 is 44.4 Å². The van der Waals surface area contributed by atoms with Gasteiger partial charge in [0.05, 0.1) is 48.4 Å². The number of amides is 2. The number of esters is 1. The average Bonchev–Trinajstić information content (AvgIpc) is 4.04. The number of sulfonamides is 1. The first-order valence-corrected chi connectivity index (χ1v) is 21.6. The van der Waals surface area contributed by atoms with Crippen LogP contribution >= 0.6 is 0 Å². The van der Waals surface area contributed by atoms with Gasteiger partial charge >= 0.3 is 12.1 Å². The SMILES string of the molecule is COC[C@@H]1C[C@H](C)CC/C=C\[C@@H]2C[C@@]2(C(=O)NS(=O)(=O)C2(C)CC2)CC(=O)[C@@H]2C[C@@H](Oc3ncc(OC)c4ccccc34)CN2C(=O)[C@H]1CC(=O)OC(C)(C)C(F)(F)F. The number of ketones is 1. The van der Waals surface area contributed by atoms with Crippen LogP contribution in [0.25, 0.3) is 10.8 Å². The van der Waals surface area contributed by atoms with E-state index in [4.69, 9.17) is 18.9 Å². The number of alkyl halides is 3. The van der Waals surface area contributed by atoms with E-state index >= 15 is 4.79 Å². The summed E-state index contributed by atoms with van der Waals surface area (Å²) in [4.78, 5) is 62.9. The molecule has 1 aromatic heterocycles. The van der Waals surface area contributed by atoms with Gasteiger partial charge in [0.2, 0.25) is 33.3 Å². The largest absolute Gasteiger partial charge is 0.494 e. The Morgan fingerprint density at radius 2 is 1.76 bits per heavy atom. The molecular formula is C42H54F3N3O10S. The lowest BCUT2D eigenvalue weighted by molar-refractivity contribution is -0.257. The van der Waals surface area contributed by atoms with Crippen LogP contribution in [0, 0.1) is 29.1 Å². The maximum Gasteiger partial charge on any atom is 0.427 e. The summed E-state index contributed by atoms with van der Waals surface area (Å²) in [5.74, 6) is -4.96. The molecule has 324 valence electrons. The molecule has 17 heteroatoms. The van der Waals surface area contributed by atoms with Gasteiger partial charge in [-0.25, -0.2) is 13.4 Å². The monoisotopic (exact) mass is 849 g/mol. The van der Waals surface area contributed by atoms with Crippen molar-refractivity contribution in [3.63, 3.8) is 0 Å². The lowest BCUT2D eigenvalue weighted by Crippen LogP contribution is -2.49. The van der Waals surface area contributed by atoms with Gasteiger partial charge < -0.3 is 23.8 Å². The van der Waals surface area contributed by atoms with Crippen LogP contribution in [0.4, 0.5) is 13.2 Å². The second-order valence-corrected chi connectivity index (χ2v) is 19.7. The number of rotatable bonds is 11. The minimum absolute atomic E-state index is 0.0145. The van der Waals surface area contributed by atoms with Gasteiger partial charge in [-0.1, -0.05) is 37.3 Å². The van der Waals surface area contributed by atoms with Crippen LogP contribution in [0.15, 0.2) is 42.6 Å². The van der Waals surface area contributed by atoms with E-state index in [2.05, 4.69) is 9.71 Å². The van der Waals surface area contributed by atoms with Gasteiger partial charge in [0.1, 0.15) is 11.9 Å². The molecule has 2 saturated carbocycles. The Bertz CT molecular complexity index is 2090. The van der Waals surface area contributed by atoms with E-state index in [0.717, 1.165) is 13.8 Å². The van der Waals surface area contributed by atoms with Gasteiger partial charge in [0, 0.05) is 37.3 Å². The summed E-state index contributed by atoms with van der Waals surface area (Å²) in [5.41, 5.74) is -4.24. The van der Waals surface area contributed by atoms with Gasteiger partial charge in [0.15, 0.2) is 5.78 Å². The van der Waals surface area contributed by atoms with E-state index < -0.39 is 98.3 Å². The molecule has 0 bridgehead atoms. The number of fused-ring (bicyclic) bond motifs is 3. The molecule has 7 atom stereocenters. The van der Waals surface area contributed by atoms with Crippen molar-refractivity contribution in [2.45, 2.75) is 114 Å². The number of ether oxygens (including phenoxy) is 4. The highest BCUT2D eigenvalue weighted by atomic mass is 32.2. The summed E-state index contributed by atoms with van der Waals surface area (Å²) in [7, 11) is -1.11. The van der Waals surface area contributed by atoms with Crippen LogP contribution in [0.3, 0.4) is 0 Å². The zero-order chi connectivity index (χ0) is 43.1. The summed E-state index contributed by atoms with van der Waals surface area (Å²) in [6.45, 7) is 4.79. The van der Waals surface area contributed by atoms with Crippen molar-refractivity contribution in [3.8, 4) is 11.6 Å². The maximum absolute atomic E-state index is 15.0. The van der Waals surface area contributed by atoms with E-state index in [1.165, 1.54) is 25.3 Å². The quantitative estimate of drug-likeness (QED) is 0.206. The Morgan fingerprint density at radius 3 is 2.41 bits per heavy atom. The molecular weight excluding hydrogens is 796 g/mol. The van der Waals surface area contributed by atoms with Gasteiger partial charge in [-0.3, -0.25) is 23.9 Å². The molecule has 3 fully saturated rings.